The molecule has 19 heavy (non-hydrogen) atoms. The molecule has 0 saturated carbocycles. The SMILES string of the molecule is O=C1NC(=O)C(c2c([N+](=O)[O-])ccc(F)c2F)C1Br. The van der Waals surface area contributed by atoms with Crippen LogP contribution in [0.3, 0.4) is 0 Å². The van der Waals surface area contributed by atoms with Crippen molar-refractivity contribution >= 4 is 33.4 Å². The number of hydrogen-bond donors (Lipinski definition) is 1. The average molecular weight is 335 g/mol. The summed E-state index contributed by atoms with van der Waals surface area (Å²) in [6.07, 6.45) is 0. The minimum absolute atomic E-state index is 0.592. The number of nitrogens with one attached hydrogen (secondary N) is 1. The van der Waals surface area contributed by atoms with E-state index in [2.05, 4.69) is 15.9 Å². The van der Waals surface area contributed by atoms with Gasteiger partial charge in [0.2, 0.25) is 11.8 Å². The number of hydrogen-bond acceptors (Lipinski definition) is 4. The zero-order chi connectivity index (χ0) is 14.3. The van der Waals surface area contributed by atoms with E-state index in [1.54, 1.807) is 0 Å². The molecule has 2 rings (SSSR count). The van der Waals surface area contributed by atoms with Crippen LogP contribution in [0.15, 0.2) is 12.1 Å². The Labute approximate surface area is 113 Å². The second-order valence-corrected chi connectivity index (χ2v) is 4.77. The second kappa shape index (κ2) is 4.65. The summed E-state index contributed by atoms with van der Waals surface area (Å²) in [6, 6.07) is 1.35. The molecule has 1 heterocycles. The molecule has 1 N–H and O–H groups in total. The highest BCUT2D eigenvalue weighted by molar-refractivity contribution is 9.10. The van der Waals surface area contributed by atoms with Gasteiger partial charge in [-0.05, 0) is 6.07 Å². The number of rotatable bonds is 2. The maximum Gasteiger partial charge on any atom is 0.276 e. The molecular weight excluding hydrogens is 330 g/mol. The molecule has 9 heteroatoms. The normalized spacial score (nSPS) is 22.5. The van der Waals surface area contributed by atoms with Crippen molar-refractivity contribution in [1.29, 1.82) is 0 Å². The van der Waals surface area contributed by atoms with E-state index in [9.17, 15) is 28.5 Å². The van der Waals surface area contributed by atoms with Crippen LogP contribution in [0.25, 0.3) is 0 Å². The number of halogens is 3. The maximum atomic E-state index is 13.8. The molecule has 2 atom stereocenters. The van der Waals surface area contributed by atoms with Gasteiger partial charge < -0.3 is 0 Å². The first-order chi connectivity index (χ1) is 8.84. The Bertz CT molecular complexity index is 607. The molecule has 0 bridgehead atoms. The van der Waals surface area contributed by atoms with E-state index in [1.807, 2.05) is 5.32 Å². The number of imide groups is 1. The van der Waals surface area contributed by atoms with E-state index in [0.29, 0.717) is 6.07 Å². The third-order valence-corrected chi connectivity index (χ3v) is 3.63. The summed E-state index contributed by atoms with van der Waals surface area (Å²) in [7, 11) is 0. The molecule has 100 valence electrons. The summed E-state index contributed by atoms with van der Waals surface area (Å²) >= 11 is 2.84. The molecule has 2 unspecified atom stereocenters. The lowest BCUT2D eigenvalue weighted by atomic mass is 9.95. The minimum atomic E-state index is -1.51. The first kappa shape index (κ1) is 13.5. The second-order valence-electron chi connectivity index (χ2n) is 3.78. The molecule has 1 saturated heterocycles. The van der Waals surface area contributed by atoms with Crippen molar-refractivity contribution in [3.63, 3.8) is 0 Å². The van der Waals surface area contributed by atoms with Gasteiger partial charge in [0, 0.05) is 6.07 Å². The quantitative estimate of drug-likeness (QED) is 0.383. The molecule has 1 aromatic carbocycles. The van der Waals surface area contributed by atoms with Gasteiger partial charge in [0.1, 0.15) is 4.83 Å². The number of nitro groups is 1. The Balaban J connectivity index is 2.67. The molecule has 0 spiro atoms. The highest BCUT2D eigenvalue weighted by Crippen LogP contribution is 2.37. The fraction of sp³-hybridized carbons (Fsp3) is 0.200. The van der Waals surface area contributed by atoms with Gasteiger partial charge in [0.25, 0.3) is 5.69 Å². The van der Waals surface area contributed by atoms with Crippen LogP contribution in [0.1, 0.15) is 11.5 Å². The summed E-state index contributed by atoms with van der Waals surface area (Å²) in [5, 5.41) is 12.7. The van der Waals surface area contributed by atoms with Crippen LogP contribution in [-0.2, 0) is 9.59 Å². The zero-order valence-electron chi connectivity index (χ0n) is 9.02. The van der Waals surface area contributed by atoms with Gasteiger partial charge in [-0.2, -0.15) is 0 Å². The van der Waals surface area contributed by atoms with E-state index in [0.717, 1.165) is 6.07 Å². The van der Waals surface area contributed by atoms with Crippen LogP contribution < -0.4 is 5.32 Å². The number of alkyl halides is 1. The van der Waals surface area contributed by atoms with Gasteiger partial charge in [0.15, 0.2) is 11.6 Å². The van der Waals surface area contributed by atoms with Gasteiger partial charge in [-0.25, -0.2) is 8.78 Å². The summed E-state index contributed by atoms with van der Waals surface area (Å²) < 4.78 is 27.0. The van der Waals surface area contributed by atoms with Crippen LogP contribution >= 0.6 is 15.9 Å². The Hall–Kier alpha value is -1.90. The van der Waals surface area contributed by atoms with Crippen LogP contribution in [0, 0.1) is 21.7 Å². The monoisotopic (exact) mass is 334 g/mol. The van der Waals surface area contributed by atoms with Crippen molar-refractivity contribution in [2.75, 3.05) is 0 Å². The Morgan fingerprint density at radius 2 is 1.89 bits per heavy atom. The van der Waals surface area contributed by atoms with Gasteiger partial charge in [-0.3, -0.25) is 25.0 Å². The van der Waals surface area contributed by atoms with Crippen LogP contribution in [0.4, 0.5) is 14.5 Å². The topological polar surface area (TPSA) is 89.3 Å². The lowest BCUT2D eigenvalue weighted by Gasteiger charge is -2.12. The van der Waals surface area contributed by atoms with Crippen LogP contribution in [-0.4, -0.2) is 21.6 Å². The molecule has 0 radical (unpaired) electrons. The zero-order valence-corrected chi connectivity index (χ0v) is 10.6. The number of amides is 2. The first-order valence-electron chi connectivity index (χ1n) is 4.95. The van der Waals surface area contributed by atoms with Crippen molar-refractivity contribution in [2.24, 2.45) is 0 Å². The summed E-state index contributed by atoms with van der Waals surface area (Å²) in [5.74, 6) is -5.99. The van der Waals surface area contributed by atoms with Crippen molar-refractivity contribution in [3.05, 3.63) is 39.4 Å². The van der Waals surface area contributed by atoms with Gasteiger partial charge in [0.05, 0.1) is 16.4 Å². The molecule has 1 aliphatic rings. The summed E-state index contributed by atoms with van der Waals surface area (Å²) in [6.45, 7) is 0. The smallest absolute Gasteiger partial charge is 0.276 e. The van der Waals surface area contributed by atoms with Gasteiger partial charge >= 0.3 is 0 Å². The van der Waals surface area contributed by atoms with E-state index in [1.165, 1.54) is 0 Å². The molecule has 1 aliphatic heterocycles. The van der Waals surface area contributed by atoms with Crippen molar-refractivity contribution in [3.8, 4) is 0 Å². The fourth-order valence-corrected chi connectivity index (χ4v) is 2.46. The van der Waals surface area contributed by atoms with Crippen molar-refractivity contribution in [2.45, 2.75) is 10.7 Å². The van der Waals surface area contributed by atoms with Crippen molar-refractivity contribution < 1.29 is 23.3 Å². The molecule has 1 fully saturated rings. The Morgan fingerprint density at radius 1 is 1.26 bits per heavy atom. The van der Waals surface area contributed by atoms with Crippen LogP contribution in [0.5, 0.6) is 0 Å². The fourth-order valence-electron chi connectivity index (χ4n) is 1.84. The lowest BCUT2D eigenvalue weighted by Crippen LogP contribution is -2.22. The summed E-state index contributed by atoms with van der Waals surface area (Å²) in [4.78, 5) is 31.5. The largest absolute Gasteiger partial charge is 0.295 e. The average Bonchev–Trinajstić information content (AvgIpc) is 2.57. The molecule has 2 amide bonds. The highest BCUT2D eigenvalue weighted by Gasteiger charge is 2.46. The van der Waals surface area contributed by atoms with E-state index in [-0.39, 0.29) is 0 Å². The van der Waals surface area contributed by atoms with E-state index < -0.39 is 50.4 Å². The van der Waals surface area contributed by atoms with Gasteiger partial charge in [-0.15, -0.1) is 0 Å². The molecule has 0 aromatic heterocycles. The Morgan fingerprint density at radius 3 is 2.37 bits per heavy atom. The van der Waals surface area contributed by atoms with Crippen molar-refractivity contribution in [1.82, 2.24) is 5.32 Å². The molecular formula is C10H5BrF2N2O4. The summed E-state index contributed by atoms with van der Waals surface area (Å²) in [5.41, 5.74) is -1.49. The molecule has 6 nitrogen and oxygen atoms in total. The standard InChI is InChI=1S/C10H5BrF2N2O4/c11-7-6(9(16)14-10(7)17)5-4(15(18)19)2-1-3(12)8(5)13/h1-2,6-7H,(H,14,16,17). The molecule has 1 aromatic rings. The van der Waals surface area contributed by atoms with Gasteiger partial charge in [-0.1, -0.05) is 15.9 Å². The number of nitrogens with zero attached hydrogens (tertiary/aromatic N) is 1. The first-order valence-corrected chi connectivity index (χ1v) is 5.87. The van der Waals surface area contributed by atoms with Crippen LogP contribution in [0.2, 0.25) is 0 Å². The van der Waals surface area contributed by atoms with E-state index in [4.69, 9.17) is 0 Å². The third kappa shape index (κ3) is 2.09. The van der Waals surface area contributed by atoms with E-state index >= 15 is 0 Å². The minimum Gasteiger partial charge on any atom is -0.295 e. The number of carbonyl (C=O) groups is 2. The lowest BCUT2D eigenvalue weighted by molar-refractivity contribution is -0.385. The Kier molecular flexibility index (Phi) is 3.31. The predicted molar refractivity (Wildman–Crippen MR) is 61.6 cm³/mol. The number of carbonyl (C=O) groups excluding carboxylic acids is 2. The maximum absolute atomic E-state index is 13.8. The third-order valence-electron chi connectivity index (χ3n) is 2.69. The number of benzene rings is 1. The highest BCUT2D eigenvalue weighted by atomic mass is 79.9. The number of nitro benzene ring substituents is 1. The molecule has 0 aliphatic carbocycles. The predicted octanol–water partition coefficient (Wildman–Crippen LogP) is 1.38.